The molecule has 0 spiro atoms. The van der Waals surface area contributed by atoms with Crippen LogP contribution in [0.5, 0.6) is 5.75 Å². The summed E-state index contributed by atoms with van der Waals surface area (Å²) < 4.78 is 6.20. The van der Waals surface area contributed by atoms with Gasteiger partial charge in [-0.15, -0.1) is 0 Å². The number of ether oxygens (including phenoxy) is 1. The van der Waals surface area contributed by atoms with Crippen LogP contribution in [-0.4, -0.2) is 17.9 Å². The highest BCUT2D eigenvalue weighted by Crippen LogP contribution is 2.28. The first-order valence-electron chi connectivity index (χ1n) is 6.56. The third-order valence-electron chi connectivity index (χ3n) is 3.49. The Balaban J connectivity index is 2.15. The number of aromatic nitrogens is 1. The summed E-state index contributed by atoms with van der Waals surface area (Å²) in [6, 6.07) is 11.4. The molecule has 106 valence electrons. The second-order valence-electron chi connectivity index (χ2n) is 4.93. The number of rotatable bonds is 3. The predicted octanol–water partition coefficient (Wildman–Crippen LogP) is 4.48. The lowest BCUT2D eigenvalue weighted by Crippen LogP contribution is -2.03. The van der Waals surface area contributed by atoms with Crippen molar-refractivity contribution in [3.63, 3.8) is 0 Å². The van der Waals surface area contributed by atoms with Crippen molar-refractivity contribution in [2.75, 3.05) is 7.11 Å². The number of hydrogen-bond acceptors (Lipinski definition) is 2. The van der Waals surface area contributed by atoms with Crippen LogP contribution in [0.4, 0.5) is 0 Å². The van der Waals surface area contributed by atoms with Gasteiger partial charge in [0.05, 0.1) is 12.7 Å². The van der Waals surface area contributed by atoms with E-state index < -0.39 is 0 Å². The summed E-state index contributed by atoms with van der Waals surface area (Å²) in [7, 11) is 1.57. The van der Waals surface area contributed by atoms with Crippen LogP contribution in [0.2, 0.25) is 0 Å². The highest BCUT2D eigenvalue weighted by Gasteiger charge is 2.18. The van der Waals surface area contributed by atoms with Crippen LogP contribution in [0, 0.1) is 6.92 Å². The lowest BCUT2D eigenvalue weighted by Gasteiger charge is -2.07. The van der Waals surface area contributed by atoms with E-state index in [-0.39, 0.29) is 5.78 Å². The predicted molar refractivity (Wildman–Crippen MR) is 87.2 cm³/mol. The number of carbonyl (C=O) groups excluding carboxylic acids is 1. The van der Waals surface area contributed by atoms with Crippen molar-refractivity contribution in [1.29, 1.82) is 0 Å². The first-order chi connectivity index (χ1) is 10.1. The normalized spacial score (nSPS) is 10.8. The molecule has 0 fully saturated rings. The molecule has 1 aromatic heterocycles. The Morgan fingerprint density at radius 3 is 2.71 bits per heavy atom. The van der Waals surface area contributed by atoms with Crippen LogP contribution in [0.3, 0.4) is 0 Å². The number of halogens is 1. The molecule has 0 saturated carbocycles. The van der Waals surface area contributed by atoms with Gasteiger partial charge in [0, 0.05) is 27.1 Å². The zero-order valence-electron chi connectivity index (χ0n) is 11.7. The molecule has 3 aromatic rings. The number of methoxy groups -OCH3 is 1. The van der Waals surface area contributed by atoms with Gasteiger partial charge in [0.1, 0.15) is 5.75 Å². The van der Waals surface area contributed by atoms with E-state index in [0.29, 0.717) is 16.9 Å². The molecule has 0 aliphatic rings. The third-order valence-corrected chi connectivity index (χ3v) is 3.98. The molecule has 1 N–H and O–H groups in total. The minimum absolute atomic E-state index is 0.0452. The molecule has 0 amide bonds. The van der Waals surface area contributed by atoms with Crippen LogP contribution in [0.25, 0.3) is 10.9 Å². The Morgan fingerprint density at radius 1 is 1.14 bits per heavy atom. The number of ketones is 1. The SMILES string of the molecule is COc1cc(Br)ccc1C(=O)c1c[nH]c2ccc(C)cc12. The summed E-state index contributed by atoms with van der Waals surface area (Å²) in [5.74, 6) is 0.521. The number of aryl methyl sites for hydroxylation is 1. The lowest BCUT2D eigenvalue weighted by atomic mass is 10.0. The van der Waals surface area contributed by atoms with Gasteiger partial charge in [-0.25, -0.2) is 0 Å². The van der Waals surface area contributed by atoms with E-state index in [0.717, 1.165) is 20.9 Å². The molecule has 0 saturated heterocycles. The molecule has 4 heteroatoms. The van der Waals surface area contributed by atoms with Gasteiger partial charge in [0.25, 0.3) is 0 Å². The summed E-state index contributed by atoms with van der Waals surface area (Å²) in [5.41, 5.74) is 3.30. The molecule has 3 nitrogen and oxygen atoms in total. The van der Waals surface area contributed by atoms with Gasteiger partial charge in [-0.2, -0.15) is 0 Å². The molecular weight excluding hydrogens is 330 g/mol. The monoisotopic (exact) mass is 343 g/mol. The fourth-order valence-corrected chi connectivity index (χ4v) is 2.76. The summed E-state index contributed by atoms with van der Waals surface area (Å²) in [6.07, 6.45) is 1.76. The van der Waals surface area contributed by atoms with Crippen molar-refractivity contribution >= 4 is 32.6 Å². The number of H-pyrrole nitrogens is 1. The number of fused-ring (bicyclic) bond motifs is 1. The van der Waals surface area contributed by atoms with E-state index in [9.17, 15) is 4.79 Å². The molecule has 0 aliphatic heterocycles. The maximum Gasteiger partial charge on any atom is 0.198 e. The minimum atomic E-state index is -0.0452. The van der Waals surface area contributed by atoms with Gasteiger partial charge in [-0.1, -0.05) is 27.6 Å². The summed E-state index contributed by atoms with van der Waals surface area (Å²) in [6.45, 7) is 2.01. The number of aromatic amines is 1. The molecule has 0 radical (unpaired) electrons. The molecule has 1 heterocycles. The summed E-state index contributed by atoms with van der Waals surface area (Å²) in [5, 5.41) is 0.935. The zero-order chi connectivity index (χ0) is 15.0. The van der Waals surface area contributed by atoms with Gasteiger partial charge in [0.15, 0.2) is 5.78 Å². The number of nitrogens with one attached hydrogen (secondary N) is 1. The largest absolute Gasteiger partial charge is 0.496 e. The molecule has 3 rings (SSSR count). The van der Waals surface area contributed by atoms with Crippen molar-refractivity contribution in [2.45, 2.75) is 6.92 Å². The average Bonchev–Trinajstić information content (AvgIpc) is 2.89. The van der Waals surface area contributed by atoms with Crippen molar-refractivity contribution in [1.82, 2.24) is 4.98 Å². The average molecular weight is 344 g/mol. The smallest absolute Gasteiger partial charge is 0.198 e. The number of benzene rings is 2. The topological polar surface area (TPSA) is 42.1 Å². The Hall–Kier alpha value is -2.07. The van der Waals surface area contributed by atoms with Crippen molar-refractivity contribution in [2.24, 2.45) is 0 Å². The van der Waals surface area contributed by atoms with Gasteiger partial charge >= 0.3 is 0 Å². The quantitative estimate of drug-likeness (QED) is 0.712. The molecule has 0 aliphatic carbocycles. The first kappa shape index (κ1) is 13.9. The van der Waals surface area contributed by atoms with Crippen molar-refractivity contribution in [3.8, 4) is 5.75 Å². The van der Waals surface area contributed by atoms with E-state index in [1.54, 1.807) is 25.4 Å². The highest BCUT2D eigenvalue weighted by molar-refractivity contribution is 9.10. The maximum atomic E-state index is 12.8. The second-order valence-corrected chi connectivity index (χ2v) is 5.84. The second kappa shape index (κ2) is 5.37. The Morgan fingerprint density at radius 2 is 1.95 bits per heavy atom. The van der Waals surface area contributed by atoms with E-state index in [1.165, 1.54) is 0 Å². The highest BCUT2D eigenvalue weighted by atomic mass is 79.9. The van der Waals surface area contributed by atoms with E-state index in [4.69, 9.17) is 4.74 Å². The van der Waals surface area contributed by atoms with E-state index >= 15 is 0 Å². The van der Waals surface area contributed by atoms with Crippen molar-refractivity contribution in [3.05, 3.63) is 63.8 Å². The van der Waals surface area contributed by atoms with Crippen LogP contribution in [0.15, 0.2) is 47.1 Å². The Kier molecular flexibility index (Phi) is 3.55. The molecule has 21 heavy (non-hydrogen) atoms. The van der Waals surface area contributed by atoms with Gasteiger partial charge < -0.3 is 9.72 Å². The fourth-order valence-electron chi connectivity index (χ4n) is 2.42. The molecule has 0 atom stereocenters. The van der Waals surface area contributed by atoms with Crippen molar-refractivity contribution < 1.29 is 9.53 Å². The van der Waals surface area contributed by atoms with Crippen LogP contribution in [-0.2, 0) is 0 Å². The lowest BCUT2D eigenvalue weighted by molar-refractivity contribution is 0.103. The Labute approximate surface area is 131 Å². The summed E-state index contributed by atoms with van der Waals surface area (Å²) >= 11 is 3.39. The zero-order valence-corrected chi connectivity index (χ0v) is 13.3. The fraction of sp³-hybridized carbons (Fsp3) is 0.118. The van der Waals surface area contributed by atoms with Gasteiger partial charge in [-0.3, -0.25) is 4.79 Å². The molecule has 0 unspecified atom stereocenters. The first-order valence-corrected chi connectivity index (χ1v) is 7.35. The van der Waals surface area contributed by atoms with Gasteiger partial charge in [-0.05, 0) is 37.3 Å². The van der Waals surface area contributed by atoms with E-state index in [2.05, 4.69) is 20.9 Å². The van der Waals surface area contributed by atoms with Gasteiger partial charge in [0.2, 0.25) is 0 Å². The van der Waals surface area contributed by atoms with Crippen LogP contribution < -0.4 is 4.74 Å². The number of carbonyl (C=O) groups is 1. The standard InChI is InChI=1S/C17H14BrNO2/c1-10-3-6-15-13(7-10)14(9-19-15)17(20)12-5-4-11(18)8-16(12)21-2/h3-9,19H,1-2H3. The van der Waals surface area contributed by atoms with Crippen LogP contribution in [0.1, 0.15) is 21.5 Å². The summed E-state index contributed by atoms with van der Waals surface area (Å²) in [4.78, 5) is 16.0. The Bertz CT molecular complexity index is 836. The molecule has 2 aromatic carbocycles. The molecule has 0 bridgehead atoms. The third kappa shape index (κ3) is 2.47. The maximum absolute atomic E-state index is 12.8. The number of hydrogen-bond donors (Lipinski definition) is 1. The minimum Gasteiger partial charge on any atom is -0.496 e. The van der Waals surface area contributed by atoms with Crippen LogP contribution >= 0.6 is 15.9 Å². The van der Waals surface area contributed by atoms with E-state index in [1.807, 2.05) is 31.2 Å². The molecular formula is C17H14BrNO2.